The molecule has 0 fully saturated rings. The number of imidazole rings is 1. The summed E-state index contributed by atoms with van der Waals surface area (Å²) in [7, 11) is 1.64. The third-order valence-corrected chi connectivity index (χ3v) is 3.76. The van der Waals surface area contributed by atoms with Crippen LogP contribution in [0, 0.1) is 11.7 Å². The van der Waals surface area contributed by atoms with Crippen LogP contribution < -0.4 is 4.74 Å². The van der Waals surface area contributed by atoms with Gasteiger partial charge in [0.15, 0.2) is 10.4 Å². The van der Waals surface area contributed by atoms with E-state index in [1.807, 2.05) is 41.8 Å². The van der Waals surface area contributed by atoms with Crippen LogP contribution in [-0.4, -0.2) is 21.6 Å². The Morgan fingerprint density at radius 2 is 2.10 bits per heavy atom. The number of hydrogen-bond donors (Lipinski definition) is 1. The molecule has 0 atom stereocenters. The van der Waals surface area contributed by atoms with Crippen molar-refractivity contribution < 1.29 is 4.74 Å². The molecule has 3 rings (SSSR count). The zero-order chi connectivity index (χ0) is 14.3. The van der Waals surface area contributed by atoms with Crippen molar-refractivity contribution in [3.8, 4) is 11.4 Å². The molecule has 0 unspecified atom stereocenters. The number of aromatic amines is 1. The average molecular weight is 350 g/mol. The highest BCUT2D eigenvalue weighted by molar-refractivity contribution is 9.10. The summed E-state index contributed by atoms with van der Waals surface area (Å²) in [6, 6.07) is 9.76. The van der Waals surface area contributed by atoms with Gasteiger partial charge in [-0.05, 0) is 43.4 Å². The Morgan fingerprint density at radius 3 is 2.85 bits per heavy atom. The first kappa shape index (κ1) is 13.3. The van der Waals surface area contributed by atoms with E-state index in [1.54, 1.807) is 7.11 Å². The SMILES string of the molecule is COc1cc(Br)cc(-n2c(=S)[nH]c3ccc(C)nc32)c1. The summed E-state index contributed by atoms with van der Waals surface area (Å²) in [6.07, 6.45) is 0. The van der Waals surface area contributed by atoms with E-state index in [9.17, 15) is 0 Å². The number of aromatic nitrogens is 3. The summed E-state index contributed by atoms with van der Waals surface area (Å²) >= 11 is 8.90. The van der Waals surface area contributed by atoms with E-state index >= 15 is 0 Å². The molecule has 0 bridgehead atoms. The van der Waals surface area contributed by atoms with Crippen LogP contribution >= 0.6 is 28.1 Å². The molecule has 0 amide bonds. The Balaban J connectivity index is 2.34. The topological polar surface area (TPSA) is 42.8 Å². The zero-order valence-electron chi connectivity index (χ0n) is 11.0. The van der Waals surface area contributed by atoms with Crippen LogP contribution in [-0.2, 0) is 0 Å². The molecule has 3 aromatic rings. The number of nitrogens with zero attached hydrogens (tertiary/aromatic N) is 2. The van der Waals surface area contributed by atoms with Crippen LogP contribution in [0.2, 0.25) is 0 Å². The molecule has 0 aliphatic rings. The number of nitrogens with one attached hydrogen (secondary N) is 1. The third-order valence-electron chi connectivity index (χ3n) is 3.02. The Kier molecular flexibility index (Phi) is 3.35. The van der Waals surface area contributed by atoms with Gasteiger partial charge in [0, 0.05) is 16.2 Å². The standard InChI is InChI=1S/C14H12BrN3OS/c1-8-3-4-12-13(16-8)18(14(20)17-12)10-5-9(15)6-11(7-10)19-2/h3-7H,1-2H3,(H,17,20). The molecular weight excluding hydrogens is 338 g/mol. The Labute approximate surface area is 129 Å². The second-order valence-electron chi connectivity index (χ2n) is 4.44. The molecule has 102 valence electrons. The number of H-pyrrole nitrogens is 1. The second kappa shape index (κ2) is 5.03. The smallest absolute Gasteiger partial charge is 0.184 e. The van der Waals surface area contributed by atoms with E-state index in [1.165, 1.54) is 0 Å². The van der Waals surface area contributed by atoms with Gasteiger partial charge in [-0.3, -0.25) is 4.57 Å². The lowest BCUT2D eigenvalue weighted by Gasteiger charge is -2.08. The second-order valence-corrected chi connectivity index (χ2v) is 5.74. The predicted octanol–water partition coefficient (Wildman–Crippen LogP) is 4.16. The molecule has 0 saturated heterocycles. The van der Waals surface area contributed by atoms with E-state index in [-0.39, 0.29) is 0 Å². The number of rotatable bonds is 2. The van der Waals surface area contributed by atoms with Gasteiger partial charge in [-0.25, -0.2) is 4.98 Å². The van der Waals surface area contributed by atoms with Crippen LogP contribution in [0.15, 0.2) is 34.8 Å². The van der Waals surface area contributed by atoms with Gasteiger partial charge in [0.1, 0.15) is 5.75 Å². The van der Waals surface area contributed by atoms with Crippen molar-refractivity contribution in [2.45, 2.75) is 6.92 Å². The molecule has 1 N–H and O–H groups in total. The van der Waals surface area contributed by atoms with E-state index < -0.39 is 0 Å². The zero-order valence-corrected chi connectivity index (χ0v) is 13.4. The number of ether oxygens (including phenoxy) is 1. The number of pyridine rings is 1. The normalized spacial score (nSPS) is 10.9. The van der Waals surface area contributed by atoms with Gasteiger partial charge in [-0.1, -0.05) is 15.9 Å². The third kappa shape index (κ3) is 2.25. The van der Waals surface area contributed by atoms with Gasteiger partial charge in [0.25, 0.3) is 0 Å². The fraction of sp³-hybridized carbons (Fsp3) is 0.143. The first-order valence-corrected chi connectivity index (χ1v) is 7.22. The molecule has 0 aliphatic heterocycles. The fourth-order valence-corrected chi connectivity index (χ4v) is 2.87. The van der Waals surface area contributed by atoms with Crippen LogP contribution in [0.5, 0.6) is 5.75 Å². The van der Waals surface area contributed by atoms with Crippen LogP contribution in [0.25, 0.3) is 16.9 Å². The highest BCUT2D eigenvalue weighted by atomic mass is 79.9. The lowest BCUT2D eigenvalue weighted by atomic mass is 10.3. The largest absolute Gasteiger partial charge is 0.497 e. The number of hydrogen-bond acceptors (Lipinski definition) is 3. The summed E-state index contributed by atoms with van der Waals surface area (Å²) in [5, 5.41) is 0. The van der Waals surface area contributed by atoms with Gasteiger partial charge < -0.3 is 9.72 Å². The summed E-state index contributed by atoms with van der Waals surface area (Å²) in [5.74, 6) is 0.762. The quantitative estimate of drug-likeness (QED) is 0.706. The first-order valence-electron chi connectivity index (χ1n) is 6.02. The lowest BCUT2D eigenvalue weighted by molar-refractivity contribution is 0.414. The van der Waals surface area contributed by atoms with E-state index in [0.29, 0.717) is 4.77 Å². The molecule has 6 heteroatoms. The van der Waals surface area contributed by atoms with Crippen molar-refractivity contribution in [2.75, 3.05) is 7.11 Å². The summed E-state index contributed by atoms with van der Waals surface area (Å²) < 4.78 is 8.75. The number of fused-ring (bicyclic) bond motifs is 1. The van der Waals surface area contributed by atoms with Crippen molar-refractivity contribution in [1.29, 1.82) is 0 Å². The number of benzene rings is 1. The van der Waals surface area contributed by atoms with Gasteiger partial charge in [0.05, 0.1) is 18.3 Å². The van der Waals surface area contributed by atoms with Crippen molar-refractivity contribution in [3.05, 3.63) is 45.3 Å². The average Bonchev–Trinajstić information content (AvgIpc) is 2.73. The minimum absolute atomic E-state index is 0.609. The monoisotopic (exact) mass is 349 g/mol. The molecule has 1 aromatic carbocycles. The van der Waals surface area contributed by atoms with Crippen molar-refractivity contribution in [3.63, 3.8) is 0 Å². The minimum Gasteiger partial charge on any atom is -0.497 e. The van der Waals surface area contributed by atoms with Gasteiger partial charge >= 0.3 is 0 Å². The lowest BCUT2D eigenvalue weighted by Crippen LogP contribution is -1.97. The molecular formula is C14H12BrN3OS. The molecule has 4 nitrogen and oxygen atoms in total. The number of aryl methyl sites for hydroxylation is 1. The van der Waals surface area contributed by atoms with Gasteiger partial charge in [0.2, 0.25) is 0 Å². The van der Waals surface area contributed by atoms with E-state index in [0.717, 1.165) is 32.8 Å². The highest BCUT2D eigenvalue weighted by Gasteiger charge is 2.10. The number of methoxy groups -OCH3 is 1. The minimum atomic E-state index is 0.609. The van der Waals surface area contributed by atoms with Crippen LogP contribution in [0.4, 0.5) is 0 Å². The Morgan fingerprint density at radius 1 is 1.30 bits per heavy atom. The predicted molar refractivity (Wildman–Crippen MR) is 85.2 cm³/mol. The number of halogens is 1. The maximum Gasteiger partial charge on any atom is 0.184 e. The summed E-state index contributed by atoms with van der Waals surface area (Å²) in [5.41, 5.74) is 3.59. The molecule has 0 aliphatic carbocycles. The molecule has 0 radical (unpaired) electrons. The molecule has 0 saturated carbocycles. The van der Waals surface area contributed by atoms with Crippen molar-refractivity contribution in [2.24, 2.45) is 0 Å². The van der Waals surface area contributed by atoms with Crippen LogP contribution in [0.1, 0.15) is 5.69 Å². The Hall–Kier alpha value is -1.66. The maximum absolute atomic E-state index is 5.41. The molecule has 2 aromatic heterocycles. The molecule has 0 spiro atoms. The highest BCUT2D eigenvalue weighted by Crippen LogP contribution is 2.26. The van der Waals surface area contributed by atoms with E-state index in [2.05, 4.69) is 25.9 Å². The maximum atomic E-state index is 5.41. The summed E-state index contributed by atoms with van der Waals surface area (Å²) in [6.45, 7) is 1.96. The van der Waals surface area contributed by atoms with Gasteiger partial charge in [-0.15, -0.1) is 0 Å². The van der Waals surface area contributed by atoms with E-state index in [4.69, 9.17) is 17.0 Å². The van der Waals surface area contributed by atoms with Crippen molar-refractivity contribution in [1.82, 2.24) is 14.5 Å². The molecule has 20 heavy (non-hydrogen) atoms. The first-order chi connectivity index (χ1) is 9.58. The fourth-order valence-electron chi connectivity index (χ4n) is 2.11. The van der Waals surface area contributed by atoms with Gasteiger partial charge in [-0.2, -0.15) is 0 Å². The summed E-state index contributed by atoms with van der Waals surface area (Å²) in [4.78, 5) is 7.74. The molecule has 2 heterocycles. The van der Waals surface area contributed by atoms with Crippen molar-refractivity contribution >= 4 is 39.3 Å². The Bertz CT molecular complexity index is 853. The van der Waals surface area contributed by atoms with Crippen LogP contribution in [0.3, 0.4) is 0 Å².